The van der Waals surface area contributed by atoms with E-state index in [1.54, 1.807) is 0 Å². The molecule has 0 saturated heterocycles. The number of benzene rings is 2. The summed E-state index contributed by atoms with van der Waals surface area (Å²) in [5, 5.41) is 28.9. The van der Waals surface area contributed by atoms with Gasteiger partial charge in [0.05, 0.1) is 52.5 Å². The Balaban J connectivity index is 1.19. The molecule has 0 aliphatic heterocycles. The number of rotatable bonds is 6. The van der Waals surface area contributed by atoms with Gasteiger partial charge in [-0.2, -0.15) is 28.0 Å². The molecule has 7 rings (SSSR count). The first-order valence-electron chi connectivity index (χ1n) is 13.2. The van der Waals surface area contributed by atoms with Crippen LogP contribution in [0.5, 0.6) is 0 Å². The number of aromatic nitrogens is 4. The van der Waals surface area contributed by atoms with Crippen LogP contribution in [0.15, 0.2) is 77.2 Å². The average Bonchev–Trinajstić information content (AvgIpc) is 3.89. The largest absolute Gasteiger partial charge is 0.298 e. The lowest BCUT2D eigenvalue weighted by atomic mass is 9.92. The van der Waals surface area contributed by atoms with Crippen molar-refractivity contribution in [3.8, 4) is 12.1 Å². The van der Waals surface area contributed by atoms with Gasteiger partial charge in [-0.25, -0.2) is 4.40 Å². The van der Waals surface area contributed by atoms with Crippen LogP contribution >= 0.6 is 58.9 Å². The predicted molar refractivity (Wildman–Crippen MR) is 191 cm³/mol. The molecule has 0 spiro atoms. The van der Waals surface area contributed by atoms with Gasteiger partial charge in [-0.1, -0.05) is 36.4 Å². The Morgan fingerprint density at radius 1 is 0.711 bits per heavy atom. The molecule has 4 aromatic heterocycles. The van der Waals surface area contributed by atoms with Crippen LogP contribution in [0.3, 0.4) is 0 Å². The van der Waals surface area contributed by atoms with Gasteiger partial charge < -0.3 is 0 Å². The van der Waals surface area contributed by atoms with Crippen LogP contribution in [0.1, 0.15) is 30.6 Å². The number of nitrogens with zero attached hydrogens (tertiary/aromatic N) is 7. The molecule has 0 unspecified atom stereocenters. The van der Waals surface area contributed by atoms with Crippen LogP contribution in [-0.2, 0) is 0 Å². The van der Waals surface area contributed by atoms with E-state index in [1.807, 2.05) is 85.0 Å². The van der Waals surface area contributed by atoms with E-state index in [2.05, 4.69) is 46.8 Å². The molecule has 8 nitrogen and oxygen atoms in total. The number of nitriles is 2. The molecule has 13 heteroatoms. The van der Waals surface area contributed by atoms with E-state index in [4.69, 9.17) is 5.41 Å². The van der Waals surface area contributed by atoms with Gasteiger partial charge in [0, 0.05) is 41.8 Å². The molecule has 1 N–H and O–H groups in total. The van der Waals surface area contributed by atoms with E-state index < -0.39 is 0 Å². The second-order valence-electron chi connectivity index (χ2n) is 9.60. The number of hydrogen-bond acceptors (Lipinski definition) is 13. The zero-order valence-electron chi connectivity index (χ0n) is 22.8. The molecule has 0 amide bonds. The third-order valence-corrected chi connectivity index (χ3v) is 10.4. The standard InChI is InChI=1S/C32H16N8S5/c33-15-17(21-3-1-5-25-30(21)39-44-37-25)13-19-7-11-27(42-19)23-9-10-24(32(36-41)29(23)35)28-12-8-20(43-28)14-18(16-34)22-4-2-6-26-31(22)40-45-38-26/h1-14,35,41H/b17-13+,18-14+,35-29?,36-32-. The Hall–Kier alpha value is -4.89. The zero-order chi connectivity index (χ0) is 30.9. The Kier molecular flexibility index (Phi) is 7.85. The SMILES string of the molecule is N#C/C(=C\c1ccc(C2=CC=C(c3ccc(/C=C(\C#N)c4cccc5nsnc45)s3)/C(=N/S)C2=N)s1)c1cccc2nsnc12. The number of thiol groups is 1. The Morgan fingerprint density at radius 3 is 1.73 bits per heavy atom. The number of thiophene rings is 2. The molecule has 1 aliphatic carbocycles. The molecule has 1 aliphatic rings. The fourth-order valence-corrected chi connectivity index (χ4v) is 8.19. The predicted octanol–water partition coefficient (Wildman–Crippen LogP) is 8.73. The van der Waals surface area contributed by atoms with Gasteiger partial charge in [0.1, 0.15) is 27.8 Å². The fraction of sp³-hybridized carbons (Fsp3) is 0. The molecular formula is C32H16N8S5. The second-order valence-corrected chi connectivity index (χ2v) is 13.1. The lowest BCUT2D eigenvalue weighted by Gasteiger charge is -2.16. The lowest BCUT2D eigenvalue weighted by molar-refractivity contribution is 1.52. The van der Waals surface area contributed by atoms with E-state index in [0.29, 0.717) is 33.5 Å². The van der Waals surface area contributed by atoms with Crippen LogP contribution in [0.2, 0.25) is 0 Å². The second kappa shape index (κ2) is 12.2. The summed E-state index contributed by atoms with van der Waals surface area (Å²) < 4.78 is 21.5. The third-order valence-electron chi connectivity index (χ3n) is 7.03. The first kappa shape index (κ1) is 28.9. The maximum absolute atomic E-state index is 9.94. The van der Waals surface area contributed by atoms with Crippen molar-refractivity contribution in [3.63, 3.8) is 0 Å². The van der Waals surface area contributed by atoms with Crippen LogP contribution in [0.4, 0.5) is 0 Å². The summed E-state index contributed by atoms with van der Waals surface area (Å²) in [5.74, 6) is 0. The molecular weight excluding hydrogens is 657 g/mol. The lowest BCUT2D eigenvalue weighted by Crippen LogP contribution is -2.18. The monoisotopic (exact) mass is 672 g/mol. The van der Waals surface area contributed by atoms with Crippen molar-refractivity contribution in [1.82, 2.24) is 17.5 Å². The highest BCUT2D eigenvalue weighted by molar-refractivity contribution is 7.79. The van der Waals surface area contributed by atoms with Crippen LogP contribution < -0.4 is 0 Å². The zero-order valence-corrected chi connectivity index (χ0v) is 27.0. The van der Waals surface area contributed by atoms with Crippen LogP contribution in [0.25, 0.3) is 56.5 Å². The molecule has 2 aromatic carbocycles. The number of nitrogens with one attached hydrogen (secondary N) is 1. The Morgan fingerprint density at radius 2 is 1.22 bits per heavy atom. The molecule has 0 atom stereocenters. The van der Waals surface area contributed by atoms with Crippen molar-refractivity contribution in [1.29, 1.82) is 15.9 Å². The van der Waals surface area contributed by atoms with Crippen LogP contribution in [-0.4, -0.2) is 28.9 Å². The van der Waals surface area contributed by atoms with E-state index >= 15 is 0 Å². The molecule has 4 heterocycles. The highest BCUT2D eigenvalue weighted by Crippen LogP contribution is 2.36. The molecule has 0 fully saturated rings. The van der Waals surface area contributed by atoms with Gasteiger partial charge in [0.25, 0.3) is 0 Å². The Labute approximate surface area is 278 Å². The summed E-state index contributed by atoms with van der Waals surface area (Å²) in [7, 11) is 0. The van der Waals surface area contributed by atoms with E-state index in [0.717, 1.165) is 70.7 Å². The van der Waals surface area contributed by atoms with E-state index in [-0.39, 0.29) is 5.71 Å². The minimum absolute atomic E-state index is 0.254. The van der Waals surface area contributed by atoms with Crippen molar-refractivity contribution in [2.45, 2.75) is 0 Å². The van der Waals surface area contributed by atoms with Gasteiger partial charge in [-0.05, 0) is 61.4 Å². The van der Waals surface area contributed by atoms with Gasteiger partial charge in [0.2, 0.25) is 0 Å². The summed E-state index contributed by atoms with van der Waals surface area (Å²) in [6, 6.07) is 23.7. The van der Waals surface area contributed by atoms with Crippen LogP contribution in [0, 0.1) is 28.1 Å². The summed E-state index contributed by atoms with van der Waals surface area (Å²) in [5.41, 5.74) is 7.63. The van der Waals surface area contributed by atoms with E-state index in [9.17, 15) is 10.5 Å². The quantitative estimate of drug-likeness (QED) is 0.103. The minimum atomic E-state index is 0.254. The minimum Gasteiger partial charge on any atom is -0.298 e. The van der Waals surface area contributed by atoms with Crippen molar-refractivity contribution in [3.05, 3.63) is 103 Å². The van der Waals surface area contributed by atoms with E-state index in [1.165, 1.54) is 22.7 Å². The topological polar surface area (TPSA) is 135 Å². The summed E-state index contributed by atoms with van der Waals surface area (Å²) in [4.78, 5) is 3.54. The molecule has 0 radical (unpaired) electrons. The average molecular weight is 673 g/mol. The number of allylic oxidation sites excluding steroid dienone is 6. The highest BCUT2D eigenvalue weighted by atomic mass is 32.1. The molecule has 45 heavy (non-hydrogen) atoms. The maximum atomic E-state index is 9.94. The van der Waals surface area contributed by atoms with Gasteiger partial charge >= 0.3 is 0 Å². The maximum Gasteiger partial charge on any atom is 0.113 e. The number of hydrogen-bond donors (Lipinski definition) is 2. The first-order chi connectivity index (χ1) is 22.1. The van der Waals surface area contributed by atoms with Crippen molar-refractivity contribution >= 4 is 127 Å². The summed E-state index contributed by atoms with van der Waals surface area (Å²) in [6.07, 6.45) is 7.54. The van der Waals surface area contributed by atoms with Gasteiger partial charge in [-0.3, -0.25) is 5.41 Å². The highest BCUT2D eigenvalue weighted by Gasteiger charge is 2.24. The Bertz CT molecular complexity index is 2400. The fourth-order valence-electron chi connectivity index (χ4n) is 4.92. The molecule has 0 bridgehead atoms. The smallest absolute Gasteiger partial charge is 0.113 e. The number of fused-ring (bicyclic) bond motifs is 2. The molecule has 0 saturated carbocycles. The summed E-state index contributed by atoms with van der Waals surface area (Å²) in [6.45, 7) is 0. The third kappa shape index (κ3) is 5.37. The van der Waals surface area contributed by atoms with Crippen molar-refractivity contribution in [2.75, 3.05) is 0 Å². The van der Waals surface area contributed by atoms with Gasteiger partial charge in [0.15, 0.2) is 0 Å². The van der Waals surface area contributed by atoms with Crippen molar-refractivity contribution < 1.29 is 0 Å². The molecule has 214 valence electrons. The first-order valence-corrected chi connectivity index (χ1v) is 16.7. The molecule has 6 aromatic rings. The normalized spacial score (nSPS) is 14.9. The van der Waals surface area contributed by atoms with Gasteiger partial charge in [-0.15, -0.1) is 22.7 Å². The summed E-state index contributed by atoms with van der Waals surface area (Å²) >= 11 is 9.47. The van der Waals surface area contributed by atoms with Crippen molar-refractivity contribution in [2.24, 2.45) is 4.40 Å².